The lowest BCUT2D eigenvalue weighted by Gasteiger charge is -2.11. The van der Waals surface area contributed by atoms with E-state index in [2.05, 4.69) is 15.9 Å². The van der Waals surface area contributed by atoms with E-state index in [9.17, 15) is 4.39 Å². The molecule has 0 spiro atoms. The lowest BCUT2D eigenvalue weighted by Crippen LogP contribution is -1.99. The van der Waals surface area contributed by atoms with Gasteiger partial charge in [0.1, 0.15) is 18.2 Å². The predicted molar refractivity (Wildman–Crippen MR) is 79.4 cm³/mol. The summed E-state index contributed by atoms with van der Waals surface area (Å²) in [6, 6.07) is 10.1. The van der Waals surface area contributed by atoms with Crippen LogP contribution in [0.5, 0.6) is 5.75 Å². The van der Waals surface area contributed by atoms with E-state index >= 15 is 0 Å². The Morgan fingerprint density at radius 2 is 1.95 bits per heavy atom. The van der Waals surface area contributed by atoms with Gasteiger partial charge in [0, 0.05) is 16.1 Å². The second-order valence-electron chi connectivity index (χ2n) is 3.89. The molecular formula is C14H10BrCl2FO. The van der Waals surface area contributed by atoms with E-state index in [1.807, 2.05) is 0 Å². The van der Waals surface area contributed by atoms with Gasteiger partial charge in [-0.05, 0) is 40.2 Å². The van der Waals surface area contributed by atoms with Crippen molar-refractivity contribution >= 4 is 39.1 Å². The summed E-state index contributed by atoms with van der Waals surface area (Å²) in [5, 5.41) is 0.606. The minimum Gasteiger partial charge on any atom is -0.489 e. The summed E-state index contributed by atoms with van der Waals surface area (Å²) in [5.41, 5.74) is 1.54. The Balaban J connectivity index is 2.17. The van der Waals surface area contributed by atoms with Gasteiger partial charge >= 0.3 is 0 Å². The highest BCUT2D eigenvalue weighted by Crippen LogP contribution is 2.27. The maximum Gasteiger partial charge on any atom is 0.137 e. The monoisotopic (exact) mass is 362 g/mol. The Morgan fingerprint density at radius 3 is 2.68 bits per heavy atom. The molecule has 0 amide bonds. The first-order valence-corrected chi connectivity index (χ1v) is 7.22. The molecule has 2 aromatic rings. The average molecular weight is 364 g/mol. The molecule has 0 saturated carbocycles. The molecule has 0 heterocycles. The lowest BCUT2D eigenvalue weighted by atomic mass is 10.2. The number of alkyl halides is 1. The molecule has 2 aromatic carbocycles. The van der Waals surface area contributed by atoms with Gasteiger partial charge in [-0.1, -0.05) is 23.7 Å². The number of hydrogen-bond donors (Lipinski definition) is 0. The predicted octanol–water partition coefficient (Wildman–Crippen LogP) is 5.56. The van der Waals surface area contributed by atoms with Gasteiger partial charge in [0.2, 0.25) is 0 Å². The molecule has 19 heavy (non-hydrogen) atoms. The fraction of sp³-hybridized carbons (Fsp3) is 0.143. The van der Waals surface area contributed by atoms with Crippen molar-refractivity contribution in [1.29, 1.82) is 0 Å². The molecule has 5 heteroatoms. The Kier molecular flexibility index (Phi) is 5.08. The molecule has 1 nitrogen and oxygen atoms in total. The third-order valence-electron chi connectivity index (χ3n) is 2.58. The highest BCUT2D eigenvalue weighted by Gasteiger charge is 2.08. The van der Waals surface area contributed by atoms with E-state index in [0.29, 0.717) is 21.1 Å². The van der Waals surface area contributed by atoms with Crippen molar-refractivity contribution < 1.29 is 9.13 Å². The Hall–Kier alpha value is -0.770. The highest BCUT2D eigenvalue weighted by molar-refractivity contribution is 9.10. The molecular weight excluding hydrogens is 354 g/mol. The number of benzene rings is 2. The number of hydrogen-bond acceptors (Lipinski definition) is 1. The molecule has 0 N–H and O–H groups in total. The van der Waals surface area contributed by atoms with Gasteiger partial charge in [0.05, 0.1) is 10.4 Å². The quantitative estimate of drug-likeness (QED) is 0.646. The molecule has 0 fully saturated rings. The van der Waals surface area contributed by atoms with E-state index < -0.39 is 0 Å². The first-order chi connectivity index (χ1) is 9.11. The van der Waals surface area contributed by atoms with Gasteiger partial charge in [-0.15, -0.1) is 11.6 Å². The van der Waals surface area contributed by atoms with Crippen molar-refractivity contribution in [3.05, 3.63) is 62.8 Å². The molecule has 100 valence electrons. The fourth-order valence-corrected chi connectivity index (χ4v) is 2.39. The van der Waals surface area contributed by atoms with Crippen LogP contribution in [-0.2, 0) is 12.5 Å². The van der Waals surface area contributed by atoms with E-state index in [-0.39, 0.29) is 12.4 Å². The van der Waals surface area contributed by atoms with Crippen molar-refractivity contribution in [2.24, 2.45) is 0 Å². The highest BCUT2D eigenvalue weighted by atomic mass is 79.9. The summed E-state index contributed by atoms with van der Waals surface area (Å²) >= 11 is 14.9. The lowest BCUT2D eigenvalue weighted by molar-refractivity contribution is 0.302. The summed E-state index contributed by atoms with van der Waals surface area (Å²) in [4.78, 5) is 0. The van der Waals surface area contributed by atoms with Gasteiger partial charge in [-0.2, -0.15) is 0 Å². The van der Waals surface area contributed by atoms with Crippen LogP contribution < -0.4 is 4.74 Å². The zero-order valence-corrected chi connectivity index (χ0v) is 12.9. The van der Waals surface area contributed by atoms with Gasteiger partial charge in [-0.25, -0.2) is 4.39 Å². The third-order valence-corrected chi connectivity index (χ3v) is 3.99. The fourth-order valence-electron chi connectivity index (χ4n) is 1.61. The Bertz CT molecular complexity index is 590. The largest absolute Gasteiger partial charge is 0.489 e. The van der Waals surface area contributed by atoms with Crippen LogP contribution in [0.15, 0.2) is 40.9 Å². The van der Waals surface area contributed by atoms with Crippen LogP contribution >= 0.6 is 39.1 Å². The molecule has 0 aliphatic carbocycles. The summed E-state index contributed by atoms with van der Waals surface area (Å²) in [7, 11) is 0. The summed E-state index contributed by atoms with van der Waals surface area (Å²) < 4.78 is 19.4. The molecule has 2 rings (SSSR count). The van der Waals surface area contributed by atoms with Crippen LogP contribution in [0.1, 0.15) is 11.1 Å². The van der Waals surface area contributed by atoms with Crippen molar-refractivity contribution in [3.63, 3.8) is 0 Å². The summed E-state index contributed by atoms with van der Waals surface area (Å²) in [6.45, 7) is 0.254. The van der Waals surface area contributed by atoms with E-state index in [1.165, 1.54) is 6.07 Å². The third kappa shape index (κ3) is 3.62. The first kappa shape index (κ1) is 14.6. The Labute approximate surface area is 129 Å². The second-order valence-corrected chi connectivity index (χ2v) is 5.38. The number of halogens is 4. The van der Waals surface area contributed by atoms with Crippen LogP contribution in [0.3, 0.4) is 0 Å². The van der Waals surface area contributed by atoms with Crippen LogP contribution in [0, 0.1) is 5.82 Å². The van der Waals surface area contributed by atoms with E-state index in [4.69, 9.17) is 27.9 Å². The van der Waals surface area contributed by atoms with Crippen LogP contribution in [0.25, 0.3) is 0 Å². The van der Waals surface area contributed by atoms with E-state index in [1.54, 1.807) is 30.3 Å². The second kappa shape index (κ2) is 6.60. The van der Waals surface area contributed by atoms with Crippen molar-refractivity contribution in [3.8, 4) is 5.75 Å². The first-order valence-electron chi connectivity index (χ1n) is 5.52. The van der Waals surface area contributed by atoms with Crippen molar-refractivity contribution in [1.82, 2.24) is 0 Å². The van der Waals surface area contributed by atoms with Gasteiger partial charge in [0.25, 0.3) is 0 Å². The van der Waals surface area contributed by atoms with Crippen LogP contribution in [-0.4, -0.2) is 0 Å². The van der Waals surface area contributed by atoms with Crippen molar-refractivity contribution in [2.45, 2.75) is 12.5 Å². The molecule has 0 aromatic heterocycles. The zero-order valence-electron chi connectivity index (χ0n) is 9.80. The normalized spacial score (nSPS) is 10.5. The Morgan fingerprint density at radius 1 is 1.16 bits per heavy atom. The minimum absolute atomic E-state index is 0.254. The average Bonchev–Trinajstić information content (AvgIpc) is 2.41. The number of ether oxygens (including phenoxy) is 1. The zero-order chi connectivity index (χ0) is 13.8. The molecule has 0 saturated heterocycles. The van der Waals surface area contributed by atoms with Crippen LogP contribution in [0.4, 0.5) is 4.39 Å². The maximum atomic E-state index is 13.4. The minimum atomic E-state index is -0.310. The van der Waals surface area contributed by atoms with Crippen LogP contribution in [0.2, 0.25) is 5.02 Å². The summed E-state index contributed by atoms with van der Waals surface area (Å²) in [5.74, 6) is 0.644. The van der Waals surface area contributed by atoms with Crippen molar-refractivity contribution in [2.75, 3.05) is 0 Å². The smallest absolute Gasteiger partial charge is 0.137 e. The van der Waals surface area contributed by atoms with Gasteiger partial charge in [0.15, 0.2) is 0 Å². The maximum absolute atomic E-state index is 13.4. The van der Waals surface area contributed by atoms with E-state index in [0.717, 1.165) is 11.1 Å². The van der Waals surface area contributed by atoms with Gasteiger partial charge < -0.3 is 4.74 Å². The SMILES string of the molecule is Fc1cccc(COc2ccc(Cl)cc2CCl)c1Br. The molecule has 0 atom stereocenters. The molecule has 0 unspecified atom stereocenters. The molecule has 0 bridgehead atoms. The number of rotatable bonds is 4. The topological polar surface area (TPSA) is 9.23 Å². The molecule has 0 radical (unpaired) electrons. The summed E-state index contributed by atoms with van der Waals surface area (Å²) in [6.07, 6.45) is 0. The van der Waals surface area contributed by atoms with Gasteiger partial charge in [-0.3, -0.25) is 0 Å². The molecule has 0 aliphatic heterocycles. The standard InChI is InChI=1S/C14H10BrCl2FO/c15-14-9(2-1-3-12(14)18)8-19-13-5-4-11(17)6-10(13)7-16/h1-6H,7-8H2. The molecule has 0 aliphatic rings.